The molecule has 152 valence electrons. The van der Waals surface area contributed by atoms with Gasteiger partial charge in [0.1, 0.15) is 6.29 Å². The van der Waals surface area contributed by atoms with Gasteiger partial charge in [-0.25, -0.2) is 0 Å². The number of benzene rings is 1. The van der Waals surface area contributed by atoms with Crippen LogP contribution in [0.1, 0.15) is 65.9 Å². The van der Waals surface area contributed by atoms with Crippen LogP contribution in [0.5, 0.6) is 0 Å². The third-order valence-electron chi connectivity index (χ3n) is 8.93. The largest absolute Gasteiger partial charge is 0.396 e. The lowest BCUT2D eigenvalue weighted by atomic mass is 9.61. The van der Waals surface area contributed by atoms with Crippen molar-refractivity contribution in [3.05, 3.63) is 35.9 Å². The molecule has 0 spiro atoms. The van der Waals surface area contributed by atoms with Crippen molar-refractivity contribution in [2.75, 3.05) is 6.61 Å². The Hall–Kier alpha value is -0.933. The lowest BCUT2D eigenvalue weighted by Gasteiger charge is -2.56. The summed E-state index contributed by atoms with van der Waals surface area (Å²) in [6.07, 6.45) is 4.66. The molecular weight excluding hydrogens is 348 g/mol. The van der Waals surface area contributed by atoms with Gasteiger partial charge in [-0.15, -0.1) is 0 Å². The van der Waals surface area contributed by atoms with Crippen LogP contribution < -0.4 is 0 Å². The van der Waals surface area contributed by atoms with Crippen LogP contribution in [0.3, 0.4) is 0 Å². The van der Waals surface area contributed by atoms with E-state index < -0.39 is 8.07 Å². The summed E-state index contributed by atoms with van der Waals surface area (Å²) in [6, 6.07) is 10.8. The first-order chi connectivity index (χ1) is 12.5. The van der Waals surface area contributed by atoms with Gasteiger partial charge in [-0.1, -0.05) is 84.5 Å². The normalized spacial score (nSPS) is 29.3. The molecule has 1 saturated carbocycles. The second kappa shape index (κ2) is 7.83. The fourth-order valence-corrected chi connectivity index (χ4v) is 11.1. The van der Waals surface area contributed by atoms with Crippen LogP contribution in [0.2, 0.25) is 23.7 Å². The van der Waals surface area contributed by atoms with E-state index in [1.807, 2.05) is 0 Å². The van der Waals surface area contributed by atoms with Gasteiger partial charge in [-0.3, -0.25) is 0 Å². The Morgan fingerprint density at radius 2 is 1.85 bits per heavy atom. The minimum absolute atomic E-state index is 0.133. The zero-order chi connectivity index (χ0) is 20.5. The van der Waals surface area contributed by atoms with E-state index in [2.05, 4.69) is 78.0 Å². The number of carbonyl (C=O) groups excluding carboxylic acids is 1. The SMILES string of the molecule is CC(C)C(C)(C)[Si](C)(C)C1CCC(C)(CO)C1(CCC=O)c1ccccc1. The van der Waals surface area contributed by atoms with Gasteiger partial charge in [0.15, 0.2) is 0 Å². The Bertz CT molecular complexity index is 637. The summed E-state index contributed by atoms with van der Waals surface area (Å²) in [7, 11) is -1.76. The molecule has 0 saturated heterocycles. The molecule has 3 unspecified atom stereocenters. The highest BCUT2D eigenvalue weighted by molar-refractivity contribution is 6.82. The molecule has 1 aromatic carbocycles. The quantitative estimate of drug-likeness (QED) is 0.424. The maximum atomic E-state index is 11.4. The van der Waals surface area contributed by atoms with Crippen LogP contribution in [0, 0.1) is 11.3 Å². The molecule has 1 aromatic rings. The van der Waals surface area contributed by atoms with Crippen molar-refractivity contribution in [3.63, 3.8) is 0 Å². The van der Waals surface area contributed by atoms with Gasteiger partial charge in [-0.05, 0) is 34.9 Å². The zero-order valence-corrected chi connectivity index (χ0v) is 19.5. The lowest BCUT2D eigenvalue weighted by Crippen LogP contribution is -2.55. The summed E-state index contributed by atoms with van der Waals surface area (Å²) in [6.45, 7) is 17.2. The number of carbonyl (C=O) groups is 1. The summed E-state index contributed by atoms with van der Waals surface area (Å²) >= 11 is 0. The molecule has 1 aliphatic carbocycles. The molecule has 0 aromatic heterocycles. The van der Waals surface area contributed by atoms with E-state index in [4.69, 9.17) is 0 Å². The summed E-state index contributed by atoms with van der Waals surface area (Å²) in [5.41, 5.74) is 1.55. The lowest BCUT2D eigenvalue weighted by molar-refractivity contribution is -0.108. The Morgan fingerprint density at radius 1 is 1.26 bits per heavy atom. The molecule has 2 nitrogen and oxygen atoms in total. The number of aliphatic hydroxyl groups excluding tert-OH is 1. The molecule has 3 heteroatoms. The highest BCUT2D eigenvalue weighted by atomic mass is 28.3. The summed E-state index contributed by atoms with van der Waals surface area (Å²) in [5.74, 6) is 0.611. The third kappa shape index (κ3) is 3.35. The number of aldehydes is 1. The van der Waals surface area contributed by atoms with Gasteiger partial charge >= 0.3 is 0 Å². The number of aliphatic hydroxyl groups is 1. The fraction of sp³-hybridized carbons (Fsp3) is 0.708. The average Bonchev–Trinajstić information content (AvgIpc) is 2.95. The molecular formula is C24H40O2Si. The molecule has 1 aliphatic rings. The first kappa shape index (κ1) is 22.4. The molecule has 1 fully saturated rings. The van der Waals surface area contributed by atoms with Crippen molar-refractivity contribution in [2.45, 2.75) is 89.4 Å². The highest BCUT2D eigenvalue weighted by Crippen LogP contribution is 2.68. The summed E-state index contributed by atoms with van der Waals surface area (Å²) in [5, 5.41) is 10.8. The number of rotatable bonds is 8. The van der Waals surface area contributed by atoms with E-state index >= 15 is 0 Å². The van der Waals surface area contributed by atoms with E-state index in [-0.39, 0.29) is 22.5 Å². The standard InChI is InChI=1S/C24H40O2Si/c1-19(2)22(3,4)27(6,7)21-14-16-23(5,18-26)24(21,15-11-17-25)20-12-9-8-10-13-20/h8-10,12-13,17,19,21,26H,11,14-16,18H2,1-7H3. The molecule has 3 atom stereocenters. The topological polar surface area (TPSA) is 37.3 Å². The number of hydrogen-bond donors (Lipinski definition) is 1. The maximum Gasteiger partial charge on any atom is 0.120 e. The van der Waals surface area contributed by atoms with Crippen LogP contribution in [0.4, 0.5) is 0 Å². The van der Waals surface area contributed by atoms with Crippen molar-refractivity contribution in [1.82, 2.24) is 0 Å². The van der Waals surface area contributed by atoms with Crippen molar-refractivity contribution in [2.24, 2.45) is 11.3 Å². The number of hydrogen-bond acceptors (Lipinski definition) is 2. The van der Waals surface area contributed by atoms with Gasteiger partial charge in [0.05, 0.1) is 8.07 Å². The van der Waals surface area contributed by atoms with Crippen LogP contribution in [0.25, 0.3) is 0 Å². The molecule has 1 N–H and O–H groups in total. The molecule has 0 amide bonds. The van der Waals surface area contributed by atoms with Gasteiger partial charge < -0.3 is 9.90 Å². The first-order valence-electron chi connectivity index (χ1n) is 10.6. The van der Waals surface area contributed by atoms with E-state index in [1.54, 1.807) is 0 Å². The van der Waals surface area contributed by atoms with Gasteiger partial charge in [0.25, 0.3) is 0 Å². The van der Waals surface area contributed by atoms with Crippen molar-refractivity contribution in [1.29, 1.82) is 0 Å². The molecule has 2 rings (SSSR count). The van der Waals surface area contributed by atoms with Crippen LogP contribution in [-0.4, -0.2) is 26.1 Å². The highest BCUT2D eigenvalue weighted by Gasteiger charge is 2.64. The Balaban J connectivity index is 2.73. The molecule has 0 aliphatic heterocycles. The summed E-state index contributed by atoms with van der Waals surface area (Å²) < 4.78 is 0. The second-order valence-corrected chi connectivity index (χ2v) is 15.9. The summed E-state index contributed by atoms with van der Waals surface area (Å²) in [4.78, 5) is 11.4. The monoisotopic (exact) mass is 388 g/mol. The zero-order valence-electron chi connectivity index (χ0n) is 18.5. The Kier molecular flexibility index (Phi) is 6.48. The van der Waals surface area contributed by atoms with Crippen molar-refractivity contribution < 1.29 is 9.90 Å². The minimum atomic E-state index is -1.76. The van der Waals surface area contributed by atoms with E-state index in [0.717, 1.165) is 25.5 Å². The minimum Gasteiger partial charge on any atom is -0.396 e. The third-order valence-corrected chi connectivity index (χ3v) is 15.3. The van der Waals surface area contributed by atoms with Gasteiger partial charge in [-0.2, -0.15) is 0 Å². The van der Waals surface area contributed by atoms with E-state index in [1.165, 1.54) is 5.56 Å². The average molecular weight is 389 g/mol. The second-order valence-electron chi connectivity index (χ2n) is 10.5. The van der Waals surface area contributed by atoms with Crippen LogP contribution >= 0.6 is 0 Å². The van der Waals surface area contributed by atoms with E-state index in [9.17, 15) is 9.90 Å². The van der Waals surface area contributed by atoms with Crippen LogP contribution in [-0.2, 0) is 10.2 Å². The van der Waals surface area contributed by atoms with Crippen LogP contribution in [0.15, 0.2) is 30.3 Å². The molecule has 27 heavy (non-hydrogen) atoms. The molecule has 0 radical (unpaired) electrons. The smallest absolute Gasteiger partial charge is 0.120 e. The van der Waals surface area contributed by atoms with E-state index in [0.29, 0.717) is 17.9 Å². The first-order valence-corrected chi connectivity index (χ1v) is 13.7. The van der Waals surface area contributed by atoms with Gasteiger partial charge in [0, 0.05) is 23.9 Å². The maximum absolute atomic E-state index is 11.4. The predicted molar refractivity (Wildman–Crippen MR) is 118 cm³/mol. The Labute approximate surface area is 167 Å². The van der Waals surface area contributed by atoms with Crippen molar-refractivity contribution in [3.8, 4) is 0 Å². The van der Waals surface area contributed by atoms with Crippen molar-refractivity contribution >= 4 is 14.4 Å². The van der Waals surface area contributed by atoms with Gasteiger partial charge in [0.2, 0.25) is 0 Å². The Morgan fingerprint density at radius 3 is 2.33 bits per heavy atom. The molecule has 0 bridgehead atoms. The predicted octanol–water partition coefficient (Wildman–Crippen LogP) is 6.21. The molecule has 0 heterocycles. The fourth-order valence-electron chi connectivity index (χ4n) is 5.94.